The van der Waals surface area contributed by atoms with Gasteiger partial charge >= 0.3 is 5.97 Å². The van der Waals surface area contributed by atoms with E-state index in [9.17, 15) is 9.90 Å². The lowest BCUT2D eigenvalue weighted by molar-refractivity contribution is 0.0696. The minimum atomic E-state index is -1.03. The first-order chi connectivity index (χ1) is 8.04. The van der Waals surface area contributed by atoms with Crippen molar-refractivity contribution in [1.29, 1.82) is 0 Å². The van der Waals surface area contributed by atoms with Gasteiger partial charge in [0.2, 0.25) is 0 Å². The van der Waals surface area contributed by atoms with Gasteiger partial charge in [-0.1, -0.05) is 30.2 Å². The maximum absolute atomic E-state index is 11.2. The van der Waals surface area contributed by atoms with Gasteiger partial charge in [0, 0.05) is 5.39 Å². The molecular formula is C13H12ClNO2. The number of benzene rings is 1. The van der Waals surface area contributed by atoms with Crippen molar-refractivity contribution >= 4 is 28.5 Å². The van der Waals surface area contributed by atoms with Gasteiger partial charge in [0.25, 0.3) is 0 Å². The minimum Gasteiger partial charge on any atom is -0.478 e. The Balaban J connectivity index is 2.92. The molecule has 0 radical (unpaired) electrons. The number of aryl methyl sites for hydroxylation is 2. The van der Waals surface area contributed by atoms with Gasteiger partial charge in [0.1, 0.15) is 10.7 Å². The number of aromatic nitrogens is 1. The molecule has 1 aromatic carbocycles. The molecule has 0 aliphatic rings. The van der Waals surface area contributed by atoms with E-state index < -0.39 is 5.97 Å². The van der Waals surface area contributed by atoms with Crippen molar-refractivity contribution in [2.24, 2.45) is 0 Å². The lowest BCUT2D eigenvalue weighted by atomic mass is 10.00. The summed E-state index contributed by atoms with van der Waals surface area (Å²) in [7, 11) is 0. The Labute approximate surface area is 104 Å². The number of aromatic carboxylic acids is 1. The molecule has 0 spiro atoms. The second kappa shape index (κ2) is 4.34. The van der Waals surface area contributed by atoms with Crippen LogP contribution < -0.4 is 0 Å². The van der Waals surface area contributed by atoms with Gasteiger partial charge in [-0.2, -0.15) is 0 Å². The van der Waals surface area contributed by atoms with Gasteiger partial charge in [-0.3, -0.25) is 0 Å². The number of carboxylic acid groups (broad SMARTS) is 1. The number of nitrogens with zero attached hydrogens (tertiary/aromatic N) is 1. The molecule has 17 heavy (non-hydrogen) atoms. The van der Waals surface area contributed by atoms with Crippen LogP contribution in [0.3, 0.4) is 0 Å². The molecule has 0 bridgehead atoms. The van der Waals surface area contributed by atoms with Crippen molar-refractivity contribution in [3.63, 3.8) is 0 Å². The summed E-state index contributed by atoms with van der Waals surface area (Å²) < 4.78 is 0. The van der Waals surface area contributed by atoms with E-state index in [0.717, 1.165) is 22.0 Å². The molecule has 0 saturated carbocycles. The summed E-state index contributed by atoms with van der Waals surface area (Å²) in [5.41, 5.74) is 2.68. The van der Waals surface area contributed by atoms with E-state index in [4.69, 9.17) is 11.6 Å². The fourth-order valence-electron chi connectivity index (χ4n) is 1.99. The zero-order valence-electron chi connectivity index (χ0n) is 9.62. The zero-order chi connectivity index (χ0) is 12.6. The SMILES string of the molecule is CCc1c(C(=O)O)c(Cl)nc2ccc(C)cc12. The first-order valence-corrected chi connectivity index (χ1v) is 5.74. The summed E-state index contributed by atoms with van der Waals surface area (Å²) in [4.78, 5) is 15.3. The number of halogens is 1. The van der Waals surface area contributed by atoms with E-state index in [1.54, 1.807) is 0 Å². The monoisotopic (exact) mass is 249 g/mol. The number of carbonyl (C=O) groups is 1. The lowest BCUT2D eigenvalue weighted by Gasteiger charge is -2.10. The van der Waals surface area contributed by atoms with Crippen molar-refractivity contribution in [2.75, 3.05) is 0 Å². The van der Waals surface area contributed by atoms with E-state index in [1.807, 2.05) is 32.0 Å². The van der Waals surface area contributed by atoms with Crippen LogP contribution in [0.15, 0.2) is 18.2 Å². The Morgan fingerprint density at radius 3 is 2.76 bits per heavy atom. The summed E-state index contributed by atoms with van der Waals surface area (Å²) in [5, 5.41) is 10.1. The van der Waals surface area contributed by atoms with E-state index in [0.29, 0.717) is 6.42 Å². The summed E-state index contributed by atoms with van der Waals surface area (Å²) >= 11 is 5.93. The average Bonchev–Trinajstić information content (AvgIpc) is 2.27. The Kier molecular flexibility index (Phi) is 3.03. The molecule has 0 unspecified atom stereocenters. The predicted molar refractivity (Wildman–Crippen MR) is 67.8 cm³/mol. The van der Waals surface area contributed by atoms with E-state index in [2.05, 4.69) is 4.98 Å². The molecule has 0 aliphatic heterocycles. The predicted octanol–water partition coefficient (Wildman–Crippen LogP) is 3.46. The Morgan fingerprint density at radius 2 is 2.18 bits per heavy atom. The van der Waals surface area contributed by atoms with E-state index >= 15 is 0 Å². The molecule has 0 fully saturated rings. The first-order valence-electron chi connectivity index (χ1n) is 5.36. The molecule has 0 aliphatic carbocycles. The highest BCUT2D eigenvalue weighted by Gasteiger charge is 2.18. The fourth-order valence-corrected chi connectivity index (χ4v) is 2.28. The van der Waals surface area contributed by atoms with Gasteiger partial charge in [0.15, 0.2) is 0 Å². The zero-order valence-corrected chi connectivity index (χ0v) is 10.4. The first kappa shape index (κ1) is 11.9. The Morgan fingerprint density at radius 1 is 1.47 bits per heavy atom. The third kappa shape index (κ3) is 1.98. The third-order valence-electron chi connectivity index (χ3n) is 2.77. The van der Waals surface area contributed by atoms with Crippen molar-refractivity contribution in [3.05, 3.63) is 40.0 Å². The van der Waals surface area contributed by atoms with Crippen molar-refractivity contribution in [2.45, 2.75) is 20.3 Å². The molecule has 1 aromatic heterocycles. The van der Waals surface area contributed by atoms with Gasteiger partial charge in [-0.25, -0.2) is 9.78 Å². The van der Waals surface area contributed by atoms with Gasteiger partial charge in [-0.05, 0) is 31.0 Å². The van der Waals surface area contributed by atoms with Crippen molar-refractivity contribution in [1.82, 2.24) is 4.98 Å². The maximum atomic E-state index is 11.2. The topological polar surface area (TPSA) is 50.2 Å². The average molecular weight is 250 g/mol. The number of pyridine rings is 1. The summed E-state index contributed by atoms with van der Waals surface area (Å²) in [6.07, 6.45) is 0.615. The Hall–Kier alpha value is -1.61. The van der Waals surface area contributed by atoms with Crippen LogP contribution in [0.1, 0.15) is 28.4 Å². The van der Waals surface area contributed by atoms with Crippen LogP contribution in [-0.2, 0) is 6.42 Å². The molecule has 2 aromatic rings. The normalized spacial score (nSPS) is 10.8. The Bertz CT molecular complexity index is 608. The van der Waals surface area contributed by atoms with Gasteiger partial charge < -0.3 is 5.11 Å². The van der Waals surface area contributed by atoms with Crippen LogP contribution in [0.2, 0.25) is 5.15 Å². The molecule has 4 heteroatoms. The molecule has 0 atom stereocenters. The van der Waals surface area contributed by atoms with Crippen LogP contribution in [0.25, 0.3) is 10.9 Å². The lowest BCUT2D eigenvalue weighted by Crippen LogP contribution is -2.05. The molecule has 88 valence electrons. The molecule has 3 nitrogen and oxygen atoms in total. The minimum absolute atomic E-state index is 0.0608. The molecule has 0 saturated heterocycles. The number of fused-ring (bicyclic) bond motifs is 1. The van der Waals surface area contributed by atoms with Crippen LogP contribution in [-0.4, -0.2) is 16.1 Å². The molecular weight excluding hydrogens is 238 g/mol. The fraction of sp³-hybridized carbons (Fsp3) is 0.231. The number of rotatable bonds is 2. The number of carboxylic acids is 1. The largest absolute Gasteiger partial charge is 0.478 e. The van der Waals surface area contributed by atoms with Crippen molar-refractivity contribution < 1.29 is 9.90 Å². The highest BCUT2D eigenvalue weighted by atomic mass is 35.5. The molecule has 0 amide bonds. The quantitative estimate of drug-likeness (QED) is 0.830. The highest BCUT2D eigenvalue weighted by Crippen LogP contribution is 2.27. The number of hydrogen-bond acceptors (Lipinski definition) is 2. The smallest absolute Gasteiger partial charge is 0.339 e. The second-order valence-corrected chi connectivity index (χ2v) is 4.29. The van der Waals surface area contributed by atoms with Crippen LogP contribution in [0.5, 0.6) is 0 Å². The standard InChI is InChI=1S/C13H12ClNO2/c1-3-8-9-6-7(2)4-5-10(9)15-12(14)11(8)13(16)17/h4-6H,3H2,1-2H3,(H,16,17). The molecule has 2 rings (SSSR count). The summed E-state index contributed by atoms with van der Waals surface area (Å²) in [6, 6.07) is 5.75. The maximum Gasteiger partial charge on any atom is 0.339 e. The van der Waals surface area contributed by atoms with Gasteiger partial charge in [0.05, 0.1) is 5.52 Å². The highest BCUT2D eigenvalue weighted by molar-refractivity contribution is 6.33. The van der Waals surface area contributed by atoms with Gasteiger partial charge in [-0.15, -0.1) is 0 Å². The molecule has 1 N–H and O–H groups in total. The van der Waals surface area contributed by atoms with Crippen molar-refractivity contribution in [3.8, 4) is 0 Å². The summed E-state index contributed by atoms with van der Waals surface area (Å²) in [6.45, 7) is 3.88. The summed E-state index contributed by atoms with van der Waals surface area (Å²) in [5.74, 6) is -1.03. The third-order valence-corrected chi connectivity index (χ3v) is 3.04. The second-order valence-electron chi connectivity index (χ2n) is 3.94. The molecule has 1 heterocycles. The van der Waals surface area contributed by atoms with Crippen LogP contribution in [0, 0.1) is 6.92 Å². The number of hydrogen-bond donors (Lipinski definition) is 1. The van der Waals surface area contributed by atoms with Crippen LogP contribution in [0.4, 0.5) is 0 Å². The van der Waals surface area contributed by atoms with Crippen LogP contribution >= 0.6 is 11.6 Å². The van der Waals surface area contributed by atoms with E-state index in [-0.39, 0.29) is 10.7 Å². The van der Waals surface area contributed by atoms with E-state index in [1.165, 1.54) is 0 Å².